The molecule has 1 aliphatic carbocycles. The summed E-state index contributed by atoms with van der Waals surface area (Å²) in [5, 5.41) is 12.6. The number of amides is 1. The Kier molecular flexibility index (Phi) is 5.49. The van der Waals surface area contributed by atoms with E-state index in [0.717, 1.165) is 0 Å². The predicted octanol–water partition coefficient (Wildman–Crippen LogP) is 3.14. The average molecular weight is 327 g/mol. The molecule has 23 heavy (non-hydrogen) atoms. The summed E-state index contributed by atoms with van der Waals surface area (Å²) in [6, 6.07) is -0.629. The summed E-state index contributed by atoms with van der Waals surface area (Å²) in [6.45, 7) is 10.9. The summed E-state index contributed by atoms with van der Waals surface area (Å²) in [5.74, 6) is -0.896. The third-order valence-electron chi connectivity index (χ3n) is 4.21. The number of hydrogen-bond donors (Lipinski definition) is 2. The van der Waals surface area contributed by atoms with Gasteiger partial charge >= 0.3 is 12.1 Å². The molecule has 0 radical (unpaired) electrons. The molecule has 0 saturated heterocycles. The first-order valence-corrected chi connectivity index (χ1v) is 8.02. The van der Waals surface area contributed by atoms with Crippen molar-refractivity contribution >= 4 is 17.8 Å². The topological polar surface area (TPSA) is 92.7 Å². The van der Waals surface area contributed by atoms with E-state index in [2.05, 4.69) is 5.32 Å². The van der Waals surface area contributed by atoms with E-state index in [1.54, 1.807) is 20.8 Å². The fourth-order valence-corrected chi connectivity index (χ4v) is 3.21. The molecule has 1 fully saturated rings. The molecule has 1 rings (SSSR count). The van der Waals surface area contributed by atoms with Gasteiger partial charge in [0.2, 0.25) is 0 Å². The van der Waals surface area contributed by atoms with Gasteiger partial charge in [-0.3, -0.25) is 9.59 Å². The number of hydrogen-bond acceptors (Lipinski definition) is 4. The number of nitrogens with one attached hydrogen (secondary N) is 1. The Morgan fingerprint density at radius 1 is 1.13 bits per heavy atom. The minimum atomic E-state index is -1.15. The third kappa shape index (κ3) is 4.94. The van der Waals surface area contributed by atoms with Gasteiger partial charge in [-0.25, -0.2) is 4.79 Å². The molecule has 0 aliphatic heterocycles. The van der Waals surface area contributed by atoms with Gasteiger partial charge in [0.15, 0.2) is 0 Å². The van der Waals surface area contributed by atoms with Crippen molar-refractivity contribution in [3.63, 3.8) is 0 Å². The number of carboxylic acid groups (broad SMARTS) is 1. The lowest BCUT2D eigenvalue weighted by Gasteiger charge is -2.46. The van der Waals surface area contributed by atoms with Gasteiger partial charge in [0.05, 0.1) is 11.5 Å². The normalized spacial score (nSPS) is 19.8. The van der Waals surface area contributed by atoms with Gasteiger partial charge < -0.3 is 15.2 Å². The highest BCUT2D eigenvalue weighted by Gasteiger charge is 2.53. The van der Waals surface area contributed by atoms with Gasteiger partial charge in [0, 0.05) is 12.8 Å². The smallest absolute Gasteiger partial charge is 0.407 e. The lowest BCUT2D eigenvalue weighted by atomic mass is 9.62. The quantitative estimate of drug-likeness (QED) is 0.830. The molecular weight excluding hydrogens is 298 g/mol. The van der Waals surface area contributed by atoms with E-state index in [1.807, 2.05) is 20.8 Å². The van der Waals surface area contributed by atoms with Crippen molar-refractivity contribution in [3.05, 3.63) is 0 Å². The summed E-state index contributed by atoms with van der Waals surface area (Å²) in [5.41, 5.74) is -2.30. The van der Waals surface area contributed by atoms with E-state index in [-0.39, 0.29) is 31.5 Å². The molecule has 1 aliphatic rings. The second-order valence-electron chi connectivity index (χ2n) is 8.45. The fraction of sp³-hybridized carbons (Fsp3) is 0.824. The molecule has 1 amide bonds. The van der Waals surface area contributed by atoms with E-state index >= 15 is 0 Å². The van der Waals surface area contributed by atoms with Crippen molar-refractivity contribution in [1.82, 2.24) is 5.32 Å². The Hall–Kier alpha value is -1.59. The number of ether oxygens (including phenoxy) is 1. The van der Waals surface area contributed by atoms with Gasteiger partial charge in [-0.05, 0) is 39.0 Å². The second-order valence-corrected chi connectivity index (χ2v) is 8.45. The van der Waals surface area contributed by atoms with Crippen LogP contribution >= 0.6 is 0 Å². The lowest BCUT2D eigenvalue weighted by molar-refractivity contribution is -0.156. The van der Waals surface area contributed by atoms with Crippen LogP contribution < -0.4 is 5.32 Å². The highest BCUT2D eigenvalue weighted by atomic mass is 16.6. The minimum Gasteiger partial charge on any atom is -0.481 e. The van der Waals surface area contributed by atoms with E-state index in [9.17, 15) is 19.5 Å². The van der Waals surface area contributed by atoms with Crippen molar-refractivity contribution in [1.29, 1.82) is 0 Å². The Morgan fingerprint density at radius 3 is 1.96 bits per heavy atom. The molecule has 1 unspecified atom stereocenters. The van der Waals surface area contributed by atoms with Gasteiger partial charge in [0.1, 0.15) is 11.4 Å². The number of carbonyl (C=O) groups excluding carboxylic acids is 2. The van der Waals surface area contributed by atoms with Crippen LogP contribution in [0.15, 0.2) is 0 Å². The van der Waals surface area contributed by atoms with Crippen LogP contribution in [0, 0.1) is 10.8 Å². The molecule has 0 bridgehead atoms. The standard InChI is InChI=1S/C17H29NO5/c1-15(2,3)12(18-14(22)23-16(4,5)6)17(13(20)21)9-7-11(19)8-10-17/h12H,7-10H2,1-6H3,(H,18,22)(H,20,21). The molecule has 2 N–H and O–H groups in total. The lowest BCUT2D eigenvalue weighted by Crippen LogP contribution is -2.59. The van der Waals surface area contributed by atoms with Crippen LogP contribution in [-0.4, -0.2) is 34.6 Å². The Morgan fingerprint density at radius 2 is 1.61 bits per heavy atom. The van der Waals surface area contributed by atoms with Crippen LogP contribution in [0.5, 0.6) is 0 Å². The van der Waals surface area contributed by atoms with Gasteiger partial charge in [-0.1, -0.05) is 20.8 Å². The first-order valence-electron chi connectivity index (χ1n) is 8.02. The molecule has 6 heteroatoms. The molecule has 132 valence electrons. The van der Waals surface area contributed by atoms with Crippen LogP contribution in [0.4, 0.5) is 4.79 Å². The molecule has 0 aromatic carbocycles. The van der Waals surface area contributed by atoms with Crippen molar-refractivity contribution in [2.24, 2.45) is 10.8 Å². The molecule has 1 saturated carbocycles. The van der Waals surface area contributed by atoms with Crippen LogP contribution in [0.3, 0.4) is 0 Å². The zero-order valence-corrected chi connectivity index (χ0v) is 15.0. The maximum atomic E-state index is 12.2. The molecule has 1 atom stereocenters. The molecule has 0 spiro atoms. The SMILES string of the molecule is CC(C)(C)OC(=O)NC(C(C)(C)C)C1(C(=O)O)CCC(=O)CC1. The van der Waals surface area contributed by atoms with Gasteiger partial charge in [-0.2, -0.15) is 0 Å². The highest BCUT2D eigenvalue weighted by Crippen LogP contribution is 2.44. The molecule has 0 aromatic rings. The summed E-state index contributed by atoms with van der Waals surface area (Å²) in [6.07, 6.45) is 0.302. The zero-order valence-electron chi connectivity index (χ0n) is 15.0. The monoisotopic (exact) mass is 327 g/mol. The summed E-state index contributed by atoms with van der Waals surface area (Å²) >= 11 is 0. The van der Waals surface area contributed by atoms with Crippen molar-refractivity contribution in [3.8, 4) is 0 Å². The number of aliphatic carboxylic acids is 1. The molecule has 0 heterocycles. The number of ketones is 1. The largest absolute Gasteiger partial charge is 0.481 e. The van der Waals surface area contributed by atoms with Gasteiger partial charge in [-0.15, -0.1) is 0 Å². The van der Waals surface area contributed by atoms with Crippen molar-refractivity contribution in [2.45, 2.75) is 78.9 Å². The molecular formula is C17H29NO5. The summed E-state index contributed by atoms with van der Waals surface area (Å²) in [7, 11) is 0. The molecule has 6 nitrogen and oxygen atoms in total. The first kappa shape index (κ1) is 19.5. The Labute approximate surface area is 138 Å². The van der Waals surface area contributed by atoms with E-state index in [1.165, 1.54) is 0 Å². The summed E-state index contributed by atoms with van der Waals surface area (Å²) in [4.78, 5) is 35.8. The van der Waals surface area contributed by atoms with Crippen molar-refractivity contribution < 1.29 is 24.2 Å². The number of rotatable bonds is 3. The molecule has 0 aromatic heterocycles. The van der Waals surface area contributed by atoms with E-state index in [4.69, 9.17) is 4.74 Å². The predicted molar refractivity (Wildman–Crippen MR) is 86.2 cm³/mol. The first-order chi connectivity index (χ1) is 10.3. The van der Waals surface area contributed by atoms with E-state index in [0.29, 0.717) is 0 Å². The van der Waals surface area contributed by atoms with Crippen LogP contribution in [0.25, 0.3) is 0 Å². The second kappa shape index (κ2) is 6.49. The van der Waals surface area contributed by atoms with Crippen LogP contribution in [0.1, 0.15) is 67.2 Å². The maximum Gasteiger partial charge on any atom is 0.407 e. The van der Waals surface area contributed by atoms with Crippen LogP contribution in [-0.2, 0) is 14.3 Å². The summed E-state index contributed by atoms with van der Waals surface area (Å²) < 4.78 is 5.29. The average Bonchev–Trinajstić information content (AvgIpc) is 2.34. The maximum absolute atomic E-state index is 12.2. The number of alkyl carbamates (subject to hydrolysis) is 1. The minimum absolute atomic E-state index is 0.0757. The van der Waals surface area contributed by atoms with Crippen molar-refractivity contribution in [2.75, 3.05) is 0 Å². The zero-order chi connectivity index (χ0) is 18.1. The number of carboxylic acids is 1. The number of Topliss-reactive ketones (excluding diaryl/α,β-unsaturated/α-hetero) is 1. The fourth-order valence-electron chi connectivity index (χ4n) is 3.21. The Bertz CT molecular complexity index is 474. The van der Waals surface area contributed by atoms with Crippen LogP contribution in [0.2, 0.25) is 0 Å². The van der Waals surface area contributed by atoms with Gasteiger partial charge in [0.25, 0.3) is 0 Å². The third-order valence-corrected chi connectivity index (χ3v) is 4.21. The highest BCUT2D eigenvalue weighted by molar-refractivity contribution is 5.85. The Balaban J connectivity index is 3.11. The number of carbonyl (C=O) groups is 3. The van der Waals surface area contributed by atoms with E-state index < -0.39 is 34.5 Å².